The van der Waals surface area contributed by atoms with Crippen molar-refractivity contribution in [1.29, 1.82) is 10.5 Å². The minimum atomic E-state index is -0.420. The molecule has 0 aliphatic heterocycles. The summed E-state index contributed by atoms with van der Waals surface area (Å²) in [6.45, 7) is 0.165. The van der Waals surface area contributed by atoms with E-state index in [9.17, 15) is 9.59 Å². The SMILES string of the molecule is CN(Cc1cccc(Cl)c1NC(=O)c1cccc(C#N)c1)C(=O)Nc1cccc(C#N)c1. The number of nitrogens with one attached hydrogen (secondary N) is 2. The number of amides is 3. The number of nitriles is 2. The van der Waals surface area contributed by atoms with Gasteiger partial charge >= 0.3 is 6.03 Å². The van der Waals surface area contributed by atoms with E-state index in [1.165, 1.54) is 11.0 Å². The van der Waals surface area contributed by atoms with E-state index in [2.05, 4.69) is 10.6 Å². The summed E-state index contributed by atoms with van der Waals surface area (Å²) in [4.78, 5) is 26.7. The zero-order chi connectivity index (χ0) is 23.1. The molecule has 0 aromatic heterocycles. The Kier molecular flexibility index (Phi) is 7.07. The van der Waals surface area contributed by atoms with Crippen molar-refractivity contribution in [3.8, 4) is 12.1 Å². The number of anilines is 2. The standard InChI is InChI=1S/C24H18ClN5O2/c1-30(24(32)28-20-9-3-6-17(12-20)14-27)15-19-8-4-10-21(25)22(19)29-23(31)18-7-2-5-16(11-18)13-26/h2-12H,15H2,1H3,(H,28,32)(H,29,31). The minimum Gasteiger partial charge on any atom is -0.323 e. The van der Waals surface area contributed by atoms with Crippen molar-refractivity contribution in [2.45, 2.75) is 6.54 Å². The number of urea groups is 1. The fourth-order valence-corrected chi connectivity index (χ4v) is 3.21. The first-order chi connectivity index (χ1) is 15.4. The molecule has 3 rings (SSSR count). The minimum absolute atomic E-state index is 0.165. The molecule has 3 aromatic rings. The van der Waals surface area contributed by atoms with E-state index in [1.54, 1.807) is 67.7 Å². The lowest BCUT2D eigenvalue weighted by atomic mass is 10.1. The van der Waals surface area contributed by atoms with Gasteiger partial charge in [-0.15, -0.1) is 0 Å². The molecular formula is C24H18ClN5O2. The van der Waals surface area contributed by atoms with Gasteiger partial charge in [-0.3, -0.25) is 4.79 Å². The summed E-state index contributed by atoms with van der Waals surface area (Å²) < 4.78 is 0. The van der Waals surface area contributed by atoms with Gasteiger partial charge in [0, 0.05) is 24.8 Å². The zero-order valence-corrected chi connectivity index (χ0v) is 17.8. The van der Waals surface area contributed by atoms with Crippen molar-refractivity contribution in [3.05, 3.63) is 94.0 Å². The number of rotatable bonds is 5. The van der Waals surface area contributed by atoms with Crippen LogP contribution in [-0.2, 0) is 6.54 Å². The maximum Gasteiger partial charge on any atom is 0.321 e. The van der Waals surface area contributed by atoms with Crippen LogP contribution in [0.4, 0.5) is 16.2 Å². The predicted molar refractivity (Wildman–Crippen MR) is 122 cm³/mol. The fraction of sp³-hybridized carbons (Fsp3) is 0.0833. The molecule has 0 spiro atoms. The Labute approximate surface area is 190 Å². The van der Waals surface area contributed by atoms with E-state index in [0.29, 0.717) is 38.7 Å². The van der Waals surface area contributed by atoms with Crippen LogP contribution in [0.1, 0.15) is 27.0 Å². The number of halogens is 1. The average Bonchev–Trinajstić information content (AvgIpc) is 2.81. The van der Waals surface area contributed by atoms with Gasteiger partial charge in [-0.2, -0.15) is 10.5 Å². The van der Waals surface area contributed by atoms with Gasteiger partial charge in [-0.05, 0) is 48.0 Å². The number of nitrogens with zero attached hydrogens (tertiary/aromatic N) is 3. The number of benzene rings is 3. The molecule has 0 saturated carbocycles. The Morgan fingerprint density at radius 3 is 2.31 bits per heavy atom. The summed E-state index contributed by atoms with van der Waals surface area (Å²) in [6.07, 6.45) is 0. The Morgan fingerprint density at radius 2 is 1.59 bits per heavy atom. The number of carbonyl (C=O) groups is 2. The van der Waals surface area contributed by atoms with Crippen molar-refractivity contribution >= 4 is 34.9 Å². The molecule has 158 valence electrons. The molecule has 0 aliphatic carbocycles. The highest BCUT2D eigenvalue weighted by Crippen LogP contribution is 2.28. The molecule has 0 heterocycles. The van der Waals surface area contributed by atoms with Gasteiger partial charge in [0.2, 0.25) is 0 Å². The van der Waals surface area contributed by atoms with Gasteiger partial charge in [0.1, 0.15) is 0 Å². The Balaban J connectivity index is 1.76. The number of para-hydroxylation sites is 1. The second-order valence-corrected chi connectivity index (χ2v) is 7.31. The van der Waals surface area contributed by atoms with E-state index in [4.69, 9.17) is 22.1 Å². The smallest absolute Gasteiger partial charge is 0.321 e. The normalized spacial score (nSPS) is 9.88. The third-order valence-corrected chi connectivity index (χ3v) is 4.90. The van der Waals surface area contributed by atoms with Crippen LogP contribution in [0.3, 0.4) is 0 Å². The van der Waals surface area contributed by atoms with Crippen molar-refractivity contribution in [3.63, 3.8) is 0 Å². The topological polar surface area (TPSA) is 109 Å². The van der Waals surface area contributed by atoms with Crippen LogP contribution in [0, 0.1) is 22.7 Å². The molecular weight excluding hydrogens is 426 g/mol. The van der Waals surface area contributed by atoms with Gasteiger partial charge in [0.25, 0.3) is 5.91 Å². The van der Waals surface area contributed by atoms with Crippen molar-refractivity contribution < 1.29 is 9.59 Å². The molecule has 7 nitrogen and oxygen atoms in total. The van der Waals surface area contributed by atoms with E-state index in [1.807, 2.05) is 12.1 Å². The van der Waals surface area contributed by atoms with Crippen LogP contribution in [0.15, 0.2) is 66.7 Å². The maximum absolute atomic E-state index is 12.7. The number of carbonyl (C=O) groups excluding carboxylic acids is 2. The van der Waals surface area contributed by atoms with Gasteiger partial charge < -0.3 is 15.5 Å². The molecule has 0 bridgehead atoms. The number of hydrogen-bond acceptors (Lipinski definition) is 4. The summed E-state index contributed by atoms with van der Waals surface area (Å²) in [7, 11) is 1.60. The van der Waals surface area contributed by atoms with Crippen molar-refractivity contribution in [2.24, 2.45) is 0 Å². The lowest BCUT2D eigenvalue weighted by Gasteiger charge is -2.21. The van der Waals surface area contributed by atoms with E-state index in [0.717, 1.165) is 0 Å². The largest absolute Gasteiger partial charge is 0.323 e. The highest BCUT2D eigenvalue weighted by Gasteiger charge is 2.16. The van der Waals surface area contributed by atoms with Crippen LogP contribution in [0.5, 0.6) is 0 Å². The molecule has 3 aromatic carbocycles. The summed E-state index contributed by atoms with van der Waals surface area (Å²) in [5.74, 6) is -0.420. The second-order valence-electron chi connectivity index (χ2n) is 6.90. The molecule has 3 amide bonds. The summed E-state index contributed by atoms with van der Waals surface area (Å²) in [6, 6.07) is 21.7. The van der Waals surface area contributed by atoms with Gasteiger partial charge in [-0.1, -0.05) is 35.9 Å². The lowest BCUT2D eigenvalue weighted by Crippen LogP contribution is -2.31. The van der Waals surface area contributed by atoms with E-state index >= 15 is 0 Å². The molecule has 2 N–H and O–H groups in total. The third-order valence-electron chi connectivity index (χ3n) is 4.59. The monoisotopic (exact) mass is 443 g/mol. The highest BCUT2D eigenvalue weighted by atomic mass is 35.5. The number of hydrogen-bond donors (Lipinski definition) is 2. The van der Waals surface area contributed by atoms with Gasteiger partial charge in [-0.25, -0.2) is 4.79 Å². The zero-order valence-electron chi connectivity index (χ0n) is 17.1. The van der Waals surface area contributed by atoms with Crippen LogP contribution in [0.25, 0.3) is 0 Å². The van der Waals surface area contributed by atoms with Crippen molar-refractivity contribution in [1.82, 2.24) is 4.90 Å². The molecule has 8 heteroatoms. The second kappa shape index (κ2) is 10.1. The van der Waals surface area contributed by atoms with Gasteiger partial charge in [0.05, 0.1) is 34.0 Å². The fourth-order valence-electron chi connectivity index (χ4n) is 2.97. The first kappa shape index (κ1) is 22.4. The highest BCUT2D eigenvalue weighted by molar-refractivity contribution is 6.34. The molecule has 0 radical (unpaired) electrons. The lowest BCUT2D eigenvalue weighted by molar-refractivity contribution is 0.102. The molecule has 0 aliphatic rings. The molecule has 32 heavy (non-hydrogen) atoms. The van der Waals surface area contributed by atoms with Crippen molar-refractivity contribution in [2.75, 3.05) is 17.7 Å². The van der Waals surface area contributed by atoms with E-state index < -0.39 is 5.91 Å². The third kappa shape index (κ3) is 5.42. The molecule has 0 fully saturated rings. The first-order valence-electron chi connectivity index (χ1n) is 9.52. The first-order valence-corrected chi connectivity index (χ1v) is 9.90. The van der Waals surface area contributed by atoms with E-state index in [-0.39, 0.29) is 12.6 Å². The quantitative estimate of drug-likeness (QED) is 0.578. The van der Waals surface area contributed by atoms with Crippen LogP contribution < -0.4 is 10.6 Å². The summed E-state index contributed by atoms with van der Waals surface area (Å²) >= 11 is 6.33. The molecule has 0 atom stereocenters. The van der Waals surface area contributed by atoms with Crippen LogP contribution in [0.2, 0.25) is 5.02 Å². The average molecular weight is 444 g/mol. The Bertz CT molecular complexity index is 1260. The van der Waals surface area contributed by atoms with Crippen LogP contribution >= 0.6 is 11.6 Å². The maximum atomic E-state index is 12.7. The molecule has 0 saturated heterocycles. The Morgan fingerprint density at radius 1 is 0.938 bits per heavy atom. The summed E-state index contributed by atoms with van der Waals surface area (Å²) in [5, 5.41) is 23.9. The van der Waals surface area contributed by atoms with Crippen LogP contribution in [-0.4, -0.2) is 23.9 Å². The summed E-state index contributed by atoms with van der Waals surface area (Å²) in [5.41, 5.74) is 2.63. The van der Waals surface area contributed by atoms with Gasteiger partial charge in [0.15, 0.2) is 0 Å². The molecule has 0 unspecified atom stereocenters. The Hall–Kier alpha value is -4.33. The predicted octanol–water partition coefficient (Wildman–Crippen LogP) is 5.00.